The van der Waals surface area contributed by atoms with Crippen molar-refractivity contribution in [2.75, 3.05) is 6.61 Å². The van der Waals surface area contributed by atoms with E-state index in [1.807, 2.05) is 11.5 Å². The summed E-state index contributed by atoms with van der Waals surface area (Å²) in [5, 5.41) is 0. The molecule has 0 fully saturated rings. The highest BCUT2D eigenvalue weighted by Crippen LogP contribution is 2.13. The van der Waals surface area contributed by atoms with Crippen molar-refractivity contribution in [1.29, 1.82) is 0 Å². The Hall–Kier alpha value is -1.08. The lowest BCUT2D eigenvalue weighted by Gasteiger charge is -2.09. The van der Waals surface area contributed by atoms with Crippen LogP contribution in [0, 0.1) is 0 Å². The normalized spacial score (nSPS) is 12.0. The van der Waals surface area contributed by atoms with Crippen LogP contribution in [-0.4, -0.2) is 22.3 Å². The summed E-state index contributed by atoms with van der Waals surface area (Å²) in [6.07, 6.45) is -0.132. The predicted octanol–water partition coefficient (Wildman–Crippen LogP) is 1.88. The number of halogens is 3. The van der Waals surface area contributed by atoms with Gasteiger partial charge in [-0.2, -0.15) is 18.7 Å². The Labute approximate surface area is 91.4 Å². The molecule has 0 saturated heterocycles. The molecule has 92 valence electrons. The van der Waals surface area contributed by atoms with Gasteiger partial charge in [0.25, 0.3) is 0 Å². The van der Waals surface area contributed by atoms with Gasteiger partial charge in [-0.25, -0.2) is 4.98 Å². The number of hydrogen-bond donors (Lipinski definition) is 1. The average molecular weight is 237 g/mol. The van der Waals surface area contributed by atoms with Gasteiger partial charge < -0.3 is 4.57 Å². The SMILES string of the molecule is CCCn1cncc1CNOCC(F)(F)F. The molecule has 0 saturated carbocycles. The fraction of sp³-hybridized carbons (Fsp3) is 0.667. The smallest absolute Gasteiger partial charge is 0.333 e. The summed E-state index contributed by atoms with van der Waals surface area (Å²) in [5.74, 6) is 0. The molecule has 1 aromatic heterocycles. The van der Waals surface area contributed by atoms with Crippen molar-refractivity contribution in [3.63, 3.8) is 0 Å². The summed E-state index contributed by atoms with van der Waals surface area (Å²) in [5.41, 5.74) is 3.06. The topological polar surface area (TPSA) is 39.1 Å². The van der Waals surface area contributed by atoms with Crippen LogP contribution in [0.5, 0.6) is 0 Å². The van der Waals surface area contributed by atoms with E-state index >= 15 is 0 Å². The van der Waals surface area contributed by atoms with E-state index in [-0.39, 0.29) is 6.54 Å². The number of nitrogens with one attached hydrogen (secondary N) is 1. The van der Waals surface area contributed by atoms with Crippen LogP contribution in [0.3, 0.4) is 0 Å². The Morgan fingerprint density at radius 1 is 1.50 bits per heavy atom. The fourth-order valence-corrected chi connectivity index (χ4v) is 1.20. The fourth-order valence-electron chi connectivity index (χ4n) is 1.20. The predicted molar refractivity (Wildman–Crippen MR) is 51.4 cm³/mol. The average Bonchev–Trinajstić information content (AvgIpc) is 2.60. The Kier molecular flexibility index (Phi) is 4.75. The van der Waals surface area contributed by atoms with Gasteiger partial charge in [-0.05, 0) is 6.42 Å². The van der Waals surface area contributed by atoms with Crippen LogP contribution in [0.15, 0.2) is 12.5 Å². The summed E-state index contributed by atoms with van der Waals surface area (Å²) < 4.78 is 37.1. The van der Waals surface area contributed by atoms with Gasteiger partial charge in [-0.3, -0.25) is 4.84 Å². The highest BCUT2D eigenvalue weighted by atomic mass is 19.4. The first-order valence-electron chi connectivity index (χ1n) is 4.93. The summed E-state index contributed by atoms with van der Waals surface area (Å²) >= 11 is 0. The minimum absolute atomic E-state index is 0.204. The molecule has 0 radical (unpaired) electrons. The molecule has 0 atom stereocenters. The lowest BCUT2D eigenvalue weighted by atomic mass is 10.4. The Bertz CT molecular complexity index is 311. The monoisotopic (exact) mass is 237 g/mol. The molecule has 1 aromatic rings. The van der Waals surface area contributed by atoms with Crippen molar-refractivity contribution in [3.05, 3.63) is 18.2 Å². The quantitative estimate of drug-likeness (QED) is 0.606. The van der Waals surface area contributed by atoms with Gasteiger partial charge in [-0.1, -0.05) is 6.92 Å². The molecule has 0 aliphatic carbocycles. The van der Waals surface area contributed by atoms with Crippen molar-refractivity contribution in [2.45, 2.75) is 32.6 Å². The number of hydrogen-bond acceptors (Lipinski definition) is 3. The van der Waals surface area contributed by atoms with E-state index in [2.05, 4.69) is 15.3 Å². The Balaban J connectivity index is 2.29. The highest BCUT2D eigenvalue weighted by Gasteiger charge is 2.27. The molecule has 16 heavy (non-hydrogen) atoms. The maximum atomic E-state index is 11.7. The van der Waals surface area contributed by atoms with Crippen LogP contribution >= 0.6 is 0 Å². The van der Waals surface area contributed by atoms with Crippen LogP contribution < -0.4 is 5.48 Å². The lowest BCUT2D eigenvalue weighted by Crippen LogP contribution is -2.25. The van der Waals surface area contributed by atoms with Crippen molar-refractivity contribution in [3.8, 4) is 0 Å². The molecule has 0 spiro atoms. The Morgan fingerprint density at radius 2 is 2.25 bits per heavy atom. The third-order valence-electron chi connectivity index (χ3n) is 1.85. The molecule has 0 bridgehead atoms. The maximum Gasteiger partial charge on any atom is 0.413 e. The molecular weight excluding hydrogens is 223 g/mol. The lowest BCUT2D eigenvalue weighted by molar-refractivity contribution is -0.190. The van der Waals surface area contributed by atoms with Gasteiger partial charge in [0, 0.05) is 12.7 Å². The van der Waals surface area contributed by atoms with E-state index < -0.39 is 12.8 Å². The first kappa shape index (κ1) is 13.0. The van der Waals surface area contributed by atoms with E-state index in [4.69, 9.17) is 0 Å². The van der Waals surface area contributed by atoms with E-state index in [0.717, 1.165) is 18.7 Å². The first-order chi connectivity index (χ1) is 7.53. The maximum absolute atomic E-state index is 11.7. The summed E-state index contributed by atoms with van der Waals surface area (Å²) in [6.45, 7) is 1.71. The second kappa shape index (κ2) is 5.86. The van der Waals surface area contributed by atoms with Gasteiger partial charge in [0.2, 0.25) is 0 Å². The number of hydroxylamine groups is 1. The zero-order chi connectivity index (χ0) is 12.0. The van der Waals surface area contributed by atoms with Gasteiger partial charge in [0.1, 0.15) is 0 Å². The van der Waals surface area contributed by atoms with E-state index in [9.17, 15) is 13.2 Å². The zero-order valence-corrected chi connectivity index (χ0v) is 8.92. The molecule has 4 nitrogen and oxygen atoms in total. The van der Waals surface area contributed by atoms with Gasteiger partial charge in [-0.15, -0.1) is 0 Å². The summed E-state index contributed by atoms with van der Waals surface area (Å²) in [7, 11) is 0. The molecule has 0 unspecified atom stereocenters. The van der Waals surface area contributed by atoms with E-state index in [0.29, 0.717) is 0 Å². The summed E-state index contributed by atoms with van der Waals surface area (Å²) in [6, 6.07) is 0. The number of nitrogens with zero attached hydrogens (tertiary/aromatic N) is 2. The second-order valence-electron chi connectivity index (χ2n) is 3.30. The van der Waals surface area contributed by atoms with Gasteiger partial charge in [0.15, 0.2) is 6.61 Å². The molecule has 7 heteroatoms. The number of rotatable bonds is 6. The van der Waals surface area contributed by atoms with Crippen LogP contribution in [0.4, 0.5) is 13.2 Å². The molecule has 1 rings (SSSR count). The van der Waals surface area contributed by atoms with Gasteiger partial charge in [0.05, 0.1) is 18.6 Å². The zero-order valence-electron chi connectivity index (χ0n) is 8.92. The number of aromatic nitrogens is 2. The van der Waals surface area contributed by atoms with Crippen molar-refractivity contribution >= 4 is 0 Å². The van der Waals surface area contributed by atoms with Crippen LogP contribution in [0.2, 0.25) is 0 Å². The third-order valence-corrected chi connectivity index (χ3v) is 1.85. The molecule has 0 amide bonds. The van der Waals surface area contributed by atoms with E-state index in [1.165, 1.54) is 0 Å². The van der Waals surface area contributed by atoms with Gasteiger partial charge >= 0.3 is 6.18 Å². The van der Waals surface area contributed by atoms with Crippen LogP contribution in [-0.2, 0) is 17.9 Å². The van der Waals surface area contributed by atoms with Crippen molar-refractivity contribution < 1.29 is 18.0 Å². The molecule has 1 N–H and O–H groups in total. The second-order valence-corrected chi connectivity index (χ2v) is 3.30. The summed E-state index contributed by atoms with van der Waals surface area (Å²) in [4.78, 5) is 8.20. The van der Waals surface area contributed by atoms with Crippen LogP contribution in [0.1, 0.15) is 19.0 Å². The van der Waals surface area contributed by atoms with Crippen LogP contribution in [0.25, 0.3) is 0 Å². The minimum atomic E-state index is -4.31. The third kappa shape index (κ3) is 4.63. The molecule has 1 heterocycles. The number of alkyl halides is 3. The molecular formula is C9H14F3N3O. The van der Waals surface area contributed by atoms with E-state index in [1.54, 1.807) is 12.5 Å². The molecule has 0 aromatic carbocycles. The molecule has 0 aliphatic heterocycles. The first-order valence-corrected chi connectivity index (χ1v) is 4.93. The standard InChI is InChI=1S/C9H14F3N3O/c1-2-3-15-7-13-4-8(15)5-14-16-6-9(10,11)12/h4,7,14H,2-3,5-6H2,1H3. The highest BCUT2D eigenvalue weighted by molar-refractivity contribution is 4.97. The number of aryl methyl sites for hydroxylation is 1. The van der Waals surface area contributed by atoms with Crippen molar-refractivity contribution in [2.24, 2.45) is 0 Å². The van der Waals surface area contributed by atoms with Crippen molar-refractivity contribution in [1.82, 2.24) is 15.0 Å². The molecule has 0 aliphatic rings. The minimum Gasteiger partial charge on any atom is -0.333 e. The largest absolute Gasteiger partial charge is 0.413 e. The number of imidazole rings is 1. The Morgan fingerprint density at radius 3 is 2.88 bits per heavy atom.